The van der Waals surface area contributed by atoms with E-state index in [0.29, 0.717) is 42.8 Å². The Hall–Kier alpha value is -0.940. The van der Waals surface area contributed by atoms with Gasteiger partial charge in [-0.2, -0.15) is 0 Å². The van der Waals surface area contributed by atoms with Gasteiger partial charge in [-0.15, -0.1) is 0 Å². The van der Waals surface area contributed by atoms with Gasteiger partial charge in [0.25, 0.3) is 0 Å². The average Bonchev–Trinajstić information content (AvgIpc) is 3.17. The van der Waals surface area contributed by atoms with Gasteiger partial charge in [0, 0.05) is 19.6 Å². The SMILES string of the molecule is C=C1/C(=C\C=C2/CCC[C@]3(C)[C@@H]([C@H](C)CCCC(C)C)CC[C@@H]23)C[C@@H](O)[C@@H](OCCCCO)[C@@H]1O. The Kier molecular flexibility index (Phi) is 10.7. The van der Waals surface area contributed by atoms with Crippen LogP contribution in [0.1, 0.15) is 98.3 Å². The number of fused-ring (bicyclic) bond motifs is 1. The minimum atomic E-state index is -0.892. The molecule has 0 aromatic heterocycles. The largest absolute Gasteiger partial charge is 0.396 e. The van der Waals surface area contributed by atoms with Crippen LogP contribution in [-0.4, -0.2) is 46.8 Å². The van der Waals surface area contributed by atoms with Crippen molar-refractivity contribution in [3.63, 3.8) is 0 Å². The van der Waals surface area contributed by atoms with Crippen molar-refractivity contribution in [3.8, 4) is 0 Å². The fourth-order valence-electron chi connectivity index (χ4n) is 7.35. The van der Waals surface area contributed by atoms with E-state index in [2.05, 4.69) is 46.4 Å². The van der Waals surface area contributed by atoms with Crippen LogP contribution in [0.15, 0.2) is 35.5 Å². The van der Waals surface area contributed by atoms with Gasteiger partial charge in [0.1, 0.15) is 12.2 Å². The lowest BCUT2D eigenvalue weighted by Gasteiger charge is -2.44. The highest BCUT2D eigenvalue weighted by Crippen LogP contribution is 2.60. The average molecular weight is 489 g/mol. The van der Waals surface area contributed by atoms with Crippen LogP contribution in [0.3, 0.4) is 0 Å². The molecule has 0 aromatic rings. The summed E-state index contributed by atoms with van der Waals surface area (Å²) in [6.07, 6.45) is 14.4. The molecule has 0 aliphatic heterocycles. The zero-order chi connectivity index (χ0) is 25.6. The van der Waals surface area contributed by atoms with E-state index < -0.39 is 18.3 Å². The molecular weight excluding hydrogens is 436 g/mol. The molecule has 0 aromatic carbocycles. The molecule has 3 saturated carbocycles. The summed E-state index contributed by atoms with van der Waals surface area (Å²) in [5, 5.41) is 30.4. The van der Waals surface area contributed by atoms with E-state index in [1.165, 1.54) is 44.9 Å². The van der Waals surface area contributed by atoms with Crippen molar-refractivity contribution >= 4 is 0 Å². The highest BCUT2D eigenvalue weighted by Gasteiger charge is 2.50. The molecule has 0 bridgehead atoms. The molecule has 4 nitrogen and oxygen atoms in total. The van der Waals surface area contributed by atoms with Crippen LogP contribution in [0.25, 0.3) is 0 Å². The molecule has 3 aliphatic carbocycles. The lowest BCUT2D eigenvalue weighted by molar-refractivity contribution is -0.0958. The second kappa shape index (κ2) is 13.0. The molecule has 0 saturated heterocycles. The number of ether oxygens (including phenoxy) is 1. The summed E-state index contributed by atoms with van der Waals surface area (Å²) in [5.41, 5.74) is 3.57. The highest BCUT2D eigenvalue weighted by atomic mass is 16.5. The summed E-state index contributed by atoms with van der Waals surface area (Å²) in [4.78, 5) is 0. The number of aliphatic hydroxyl groups is 3. The predicted molar refractivity (Wildman–Crippen MR) is 144 cm³/mol. The number of allylic oxidation sites excluding steroid dienone is 3. The summed E-state index contributed by atoms with van der Waals surface area (Å²) in [6, 6.07) is 0. The minimum Gasteiger partial charge on any atom is -0.396 e. The van der Waals surface area contributed by atoms with E-state index in [4.69, 9.17) is 9.84 Å². The topological polar surface area (TPSA) is 69.9 Å². The molecule has 0 amide bonds. The van der Waals surface area contributed by atoms with E-state index in [-0.39, 0.29) is 6.61 Å². The smallest absolute Gasteiger partial charge is 0.114 e. The second-order valence-electron chi connectivity index (χ2n) is 12.3. The van der Waals surface area contributed by atoms with E-state index >= 15 is 0 Å². The molecule has 4 heteroatoms. The maximum absolute atomic E-state index is 10.8. The second-order valence-corrected chi connectivity index (χ2v) is 12.3. The molecule has 3 aliphatic rings. The maximum atomic E-state index is 10.8. The molecule has 3 rings (SSSR count). The minimum absolute atomic E-state index is 0.130. The molecule has 0 unspecified atom stereocenters. The standard InChI is InChI=1S/C31H52O4/c1-21(2)10-8-11-22(3)26-15-16-27-24(12-9-17-31(26,27)5)13-14-25-20-28(33)30(29(34)23(25)4)35-19-7-6-18-32/h13-14,21-22,26-30,32-34H,4,6-12,15-20H2,1-3,5H3/b24-13+,25-14-/t22-,26-,27+,28-,29-,30-,31-/m1/s1. The van der Waals surface area contributed by atoms with Crippen molar-refractivity contribution in [1.29, 1.82) is 0 Å². The number of rotatable bonds is 11. The van der Waals surface area contributed by atoms with E-state index in [0.717, 1.165) is 29.7 Å². The summed E-state index contributed by atoms with van der Waals surface area (Å²) in [5.74, 6) is 3.05. The van der Waals surface area contributed by atoms with E-state index in [1.54, 1.807) is 5.57 Å². The lowest BCUT2D eigenvalue weighted by Crippen LogP contribution is -2.45. The Morgan fingerprint density at radius 1 is 1.09 bits per heavy atom. The normalized spacial score (nSPS) is 36.8. The predicted octanol–water partition coefficient (Wildman–Crippen LogP) is 6.36. The summed E-state index contributed by atoms with van der Waals surface area (Å²) in [7, 11) is 0. The van der Waals surface area contributed by atoms with E-state index in [9.17, 15) is 10.2 Å². The number of hydrogen-bond donors (Lipinski definition) is 3. The van der Waals surface area contributed by atoms with Crippen LogP contribution in [0.5, 0.6) is 0 Å². The van der Waals surface area contributed by atoms with Crippen molar-refractivity contribution in [3.05, 3.63) is 35.5 Å². The first-order valence-corrected chi connectivity index (χ1v) is 14.4. The fraction of sp³-hybridized carbons (Fsp3) is 0.806. The third kappa shape index (κ3) is 6.89. The first-order valence-electron chi connectivity index (χ1n) is 14.4. The summed E-state index contributed by atoms with van der Waals surface area (Å²) < 4.78 is 5.75. The zero-order valence-corrected chi connectivity index (χ0v) is 22.8. The highest BCUT2D eigenvalue weighted by molar-refractivity contribution is 5.40. The molecule has 3 fully saturated rings. The Bertz CT molecular complexity index is 753. The number of aliphatic hydroxyl groups excluding tert-OH is 3. The van der Waals surface area contributed by atoms with Crippen LogP contribution in [0.4, 0.5) is 0 Å². The van der Waals surface area contributed by atoms with Crippen LogP contribution in [0.2, 0.25) is 0 Å². The molecule has 3 N–H and O–H groups in total. The third-order valence-electron chi connectivity index (χ3n) is 9.42. The van der Waals surface area contributed by atoms with Crippen LogP contribution < -0.4 is 0 Å². The van der Waals surface area contributed by atoms with Gasteiger partial charge in [-0.1, -0.05) is 71.3 Å². The Labute approximate surface area is 214 Å². The zero-order valence-electron chi connectivity index (χ0n) is 22.8. The maximum Gasteiger partial charge on any atom is 0.114 e. The van der Waals surface area contributed by atoms with Gasteiger partial charge in [0.05, 0.1) is 6.10 Å². The van der Waals surface area contributed by atoms with Crippen LogP contribution in [-0.2, 0) is 4.74 Å². The molecular formula is C31H52O4. The summed E-state index contributed by atoms with van der Waals surface area (Å²) >= 11 is 0. The van der Waals surface area contributed by atoms with Crippen LogP contribution in [0, 0.1) is 29.1 Å². The van der Waals surface area contributed by atoms with Crippen molar-refractivity contribution in [2.45, 2.75) is 117 Å². The van der Waals surface area contributed by atoms with Gasteiger partial charge in [-0.05, 0) is 85.2 Å². The monoisotopic (exact) mass is 488 g/mol. The molecule has 0 spiro atoms. The van der Waals surface area contributed by atoms with Crippen molar-refractivity contribution in [1.82, 2.24) is 0 Å². The first kappa shape index (κ1) is 28.6. The Morgan fingerprint density at radius 3 is 2.57 bits per heavy atom. The molecule has 35 heavy (non-hydrogen) atoms. The lowest BCUT2D eigenvalue weighted by atomic mass is 9.60. The third-order valence-corrected chi connectivity index (χ3v) is 9.42. The van der Waals surface area contributed by atoms with Gasteiger partial charge >= 0.3 is 0 Å². The van der Waals surface area contributed by atoms with Crippen LogP contribution >= 0.6 is 0 Å². The molecule has 0 heterocycles. The van der Waals surface area contributed by atoms with Crippen molar-refractivity contribution in [2.75, 3.05) is 13.2 Å². The van der Waals surface area contributed by atoms with Gasteiger partial charge in [-0.25, -0.2) is 0 Å². The fourth-order valence-corrected chi connectivity index (χ4v) is 7.35. The Balaban J connectivity index is 1.65. The van der Waals surface area contributed by atoms with Gasteiger partial charge in [0.2, 0.25) is 0 Å². The van der Waals surface area contributed by atoms with Gasteiger partial charge < -0.3 is 20.1 Å². The summed E-state index contributed by atoms with van der Waals surface area (Å²) in [6.45, 7) is 14.4. The molecule has 0 radical (unpaired) electrons. The van der Waals surface area contributed by atoms with Gasteiger partial charge in [-0.3, -0.25) is 0 Å². The molecule has 200 valence electrons. The van der Waals surface area contributed by atoms with Crippen molar-refractivity contribution < 1.29 is 20.1 Å². The Morgan fingerprint density at radius 2 is 1.86 bits per heavy atom. The molecule has 7 atom stereocenters. The quantitative estimate of drug-likeness (QED) is 0.296. The number of unbranched alkanes of at least 4 members (excludes halogenated alkanes) is 1. The first-order chi connectivity index (χ1) is 16.7. The van der Waals surface area contributed by atoms with Crippen molar-refractivity contribution in [2.24, 2.45) is 29.1 Å². The van der Waals surface area contributed by atoms with Gasteiger partial charge in [0.15, 0.2) is 0 Å². The number of hydrogen-bond acceptors (Lipinski definition) is 4. The van der Waals surface area contributed by atoms with E-state index in [1.807, 2.05) is 0 Å².